The summed E-state index contributed by atoms with van der Waals surface area (Å²) in [5, 5.41) is 34.3. The molecule has 9 heteroatoms. The zero-order chi connectivity index (χ0) is 17.4. The smallest absolute Gasteiger partial charge is 0.860 e. The van der Waals surface area contributed by atoms with Crippen molar-refractivity contribution in [3.05, 3.63) is 0 Å². The van der Waals surface area contributed by atoms with E-state index in [1.54, 1.807) is 14.1 Å². The molecule has 2 aliphatic rings. The van der Waals surface area contributed by atoms with E-state index in [2.05, 4.69) is 10.2 Å². The number of rotatable bonds is 6. The Morgan fingerprint density at radius 3 is 1.42 bits per heavy atom. The maximum Gasteiger partial charge on any atom is 2.00 e. The van der Waals surface area contributed by atoms with E-state index in [0.717, 1.165) is 25.7 Å². The summed E-state index contributed by atoms with van der Waals surface area (Å²) < 4.78 is 0. The predicted octanol–water partition coefficient (Wildman–Crippen LogP) is 0.840. The van der Waals surface area contributed by atoms with Crippen LogP contribution in [0.25, 0.3) is 0 Å². The van der Waals surface area contributed by atoms with Crippen LogP contribution in [0.5, 0.6) is 0 Å². The number of hydrogen-bond acceptors (Lipinski definition) is 6. The molecule has 0 aromatic heterocycles. The third-order valence-corrected chi connectivity index (χ3v) is 5.96. The number of hydrazone groups is 2. The molecule has 0 aromatic rings. The fraction of sp³-hybridized carbons (Fsp3) is 0.733. The van der Waals surface area contributed by atoms with Gasteiger partial charge in [-0.05, 0) is 37.5 Å². The molecule has 0 heterocycles. The van der Waals surface area contributed by atoms with Crippen molar-refractivity contribution < 1.29 is 30.6 Å². The first-order valence-corrected chi connectivity index (χ1v) is 8.44. The van der Waals surface area contributed by atoms with Crippen molar-refractivity contribution in [1.29, 1.82) is 0 Å². The van der Waals surface area contributed by atoms with Crippen LogP contribution in [0.4, 0.5) is 0 Å². The molecule has 0 aliphatic heterocycles. The first-order chi connectivity index (χ1) is 10.6. The van der Waals surface area contributed by atoms with E-state index in [9.17, 15) is 10.2 Å². The van der Waals surface area contributed by atoms with Crippen molar-refractivity contribution >= 4 is 46.2 Å². The third-order valence-electron chi connectivity index (χ3n) is 4.45. The number of hydrogen-bond donors (Lipinski definition) is 0. The van der Waals surface area contributed by atoms with Gasteiger partial charge in [-0.25, -0.2) is 0 Å². The van der Waals surface area contributed by atoms with E-state index in [0.29, 0.717) is 9.98 Å². The van der Waals surface area contributed by atoms with Crippen LogP contribution in [0.15, 0.2) is 10.2 Å². The van der Waals surface area contributed by atoms with Crippen LogP contribution in [0, 0.1) is 10.8 Å². The van der Waals surface area contributed by atoms with Crippen molar-refractivity contribution in [2.45, 2.75) is 46.0 Å². The molecule has 2 rings (SSSR count). The van der Waals surface area contributed by atoms with Gasteiger partial charge in [0.1, 0.15) is 9.98 Å². The largest absolute Gasteiger partial charge is 2.00 e. The van der Waals surface area contributed by atoms with Gasteiger partial charge in [-0.1, -0.05) is 38.3 Å². The number of thiocarbonyl (C=S) groups is 2. The van der Waals surface area contributed by atoms with Gasteiger partial charge < -0.3 is 10.2 Å². The standard InChI is InChI=1S/C15H24N4O2S2.Pd/c1-14(5-6-14)12(22)18(3)16-10(20)9-11(21)17-19(4)13(23)15(2)7-8-15;/h5-9H2,1-4H3,(H,16,20)(H,17,21);/q;+2/p-2. The Morgan fingerprint density at radius 2 is 1.17 bits per heavy atom. The van der Waals surface area contributed by atoms with E-state index < -0.39 is 11.8 Å². The fourth-order valence-corrected chi connectivity index (χ4v) is 2.70. The van der Waals surface area contributed by atoms with E-state index in [-0.39, 0.29) is 37.7 Å². The normalized spacial score (nSPS) is 20.7. The van der Waals surface area contributed by atoms with Gasteiger partial charge in [-0.15, -0.1) is 0 Å². The van der Waals surface area contributed by atoms with E-state index in [1.807, 2.05) is 13.8 Å². The minimum Gasteiger partial charge on any atom is -0.860 e. The van der Waals surface area contributed by atoms with Crippen molar-refractivity contribution in [2.75, 3.05) is 14.1 Å². The van der Waals surface area contributed by atoms with Crippen LogP contribution in [0.1, 0.15) is 46.0 Å². The molecule has 0 atom stereocenters. The zero-order valence-corrected chi connectivity index (χ0v) is 17.5. The summed E-state index contributed by atoms with van der Waals surface area (Å²) in [5.74, 6) is -1.10. The summed E-state index contributed by atoms with van der Waals surface area (Å²) in [6.07, 6.45) is 3.65. The minimum absolute atomic E-state index is 0. The van der Waals surface area contributed by atoms with Crippen LogP contribution in [0.2, 0.25) is 0 Å². The number of nitrogens with zero attached hydrogens (tertiary/aromatic N) is 4. The Kier molecular flexibility index (Phi) is 6.90. The molecular weight excluding hydrogens is 439 g/mol. The molecule has 0 radical (unpaired) electrons. The molecule has 0 unspecified atom stereocenters. The Balaban J connectivity index is 0.00000288. The van der Waals surface area contributed by atoms with E-state index >= 15 is 0 Å². The molecule has 0 saturated heterocycles. The van der Waals surface area contributed by atoms with Gasteiger partial charge in [0.25, 0.3) is 0 Å². The van der Waals surface area contributed by atoms with Crippen LogP contribution < -0.4 is 10.2 Å². The molecule has 0 aromatic carbocycles. The van der Waals surface area contributed by atoms with E-state index in [1.165, 1.54) is 10.0 Å². The van der Waals surface area contributed by atoms with Crippen LogP contribution in [0.3, 0.4) is 0 Å². The van der Waals surface area contributed by atoms with Gasteiger partial charge in [0.15, 0.2) is 0 Å². The maximum atomic E-state index is 11.9. The Hall–Kier alpha value is -0.618. The van der Waals surface area contributed by atoms with Gasteiger partial charge in [0, 0.05) is 31.3 Å². The summed E-state index contributed by atoms with van der Waals surface area (Å²) in [7, 11) is 3.28. The Morgan fingerprint density at radius 1 is 0.875 bits per heavy atom. The quantitative estimate of drug-likeness (QED) is 0.192. The molecule has 0 spiro atoms. The summed E-state index contributed by atoms with van der Waals surface area (Å²) in [4.78, 5) is 1.27. The van der Waals surface area contributed by atoms with Gasteiger partial charge in [0.05, 0.1) is 0 Å². The molecule has 2 saturated carbocycles. The molecule has 24 heavy (non-hydrogen) atoms. The maximum absolute atomic E-state index is 11.9. The van der Waals surface area contributed by atoms with Gasteiger partial charge in [0.2, 0.25) is 0 Å². The second-order valence-corrected chi connectivity index (χ2v) is 7.72. The third kappa shape index (κ3) is 5.19. The molecular formula is C15H22N4O2PdS2. The topological polar surface area (TPSA) is 77.3 Å². The fourth-order valence-electron chi connectivity index (χ4n) is 2.21. The SMILES string of the molecule is CN(/N=C(\[O-])C/C([O-])=N/N(C)C(=S)C1(C)CC1)C(=S)C1(C)CC1.[Pd+2]. The molecule has 0 bridgehead atoms. The first kappa shape index (κ1) is 21.4. The summed E-state index contributed by atoms with van der Waals surface area (Å²) in [6, 6.07) is 0. The second kappa shape index (κ2) is 7.73. The Labute approximate surface area is 167 Å². The van der Waals surface area contributed by atoms with Crippen LogP contribution in [-0.4, -0.2) is 45.9 Å². The van der Waals surface area contributed by atoms with Gasteiger partial charge in [-0.3, -0.25) is 10.0 Å². The van der Waals surface area contributed by atoms with Gasteiger partial charge in [-0.2, -0.15) is 10.2 Å². The van der Waals surface area contributed by atoms with Crippen LogP contribution >= 0.6 is 24.4 Å². The molecule has 0 amide bonds. The van der Waals surface area contributed by atoms with Crippen molar-refractivity contribution in [2.24, 2.45) is 21.0 Å². The minimum atomic E-state index is -0.551. The van der Waals surface area contributed by atoms with E-state index in [4.69, 9.17) is 24.4 Å². The molecule has 0 N–H and O–H groups in total. The summed E-state index contributed by atoms with van der Waals surface area (Å²) in [6.45, 7) is 4.08. The molecule has 6 nitrogen and oxygen atoms in total. The first-order valence-electron chi connectivity index (χ1n) is 7.63. The van der Waals surface area contributed by atoms with Crippen molar-refractivity contribution in [3.8, 4) is 0 Å². The summed E-state index contributed by atoms with van der Waals surface area (Å²) in [5.41, 5.74) is -0.0667. The molecule has 2 fully saturated rings. The summed E-state index contributed by atoms with van der Waals surface area (Å²) >= 11 is 10.6. The van der Waals surface area contributed by atoms with Crippen LogP contribution in [-0.2, 0) is 20.4 Å². The average Bonchev–Trinajstić information content (AvgIpc) is 3.37. The molecule has 136 valence electrons. The zero-order valence-electron chi connectivity index (χ0n) is 14.3. The van der Waals surface area contributed by atoms with Gasteiger partial charge >= 0.3 is 20.4 Å². The second-order valence-electron chi connectivity index (χ2n) is 6.94. The predicted molar refractivity (Wildman–Crippen MR) is 94.9 cm³/mol. The molecule has 2 aliphatic carbocycles. The van der Waals surface area contributed by atoms with Crippen molar-refractivity contribution in [3.63, 3.8) is 0 Å². The average molecular weight is 461 g/mol. The monoisotopic (exact) mass is 460 g/mol. The Bertz CT molecular complexity index is 536. The van der Waals surface area contributed by atoms with Crippen molar-refractivity contribution in [1.82, 2.24) is 10.0 Å².